The summed E-state index contributed by atoms with van der Waals surface area (Å²) in [7, 11) is 0. The highest BCUT2D eigenvalue weighted by Crippen LogP contribution is 2.46. The Morgan fingerprint density at radius 1 is 0.312 bits per heavy atom. The second-order valence-corrected chi connectivity index (χ2v) is 16.3. The van der Waals surface area contributed by atoms with Crippen LogP contribution in [0.15, 0.2) is 221 Å². The van der Waals surface area contributed by atoms with Gasteiger partial charge in [-0.15, -0.1) is 0 Å². The molecule has 9 aromatic carbocycles. The standard InChI is InChI=1S/C59H35N3O2/c1-3-16-36(17-4-1)49-35-50(62-59(61-49)41-23-13-20-38(32-41)42-27-15-28-44-43-24-8-11-30-51(43)64-58(42)44)39-21-14-22-40(33-39)57-47-34-53-56(46-26-9-12-31-52(46)63-53)54(37-18-5-2-6-19-37)55(47)45-25-7-10-29-48(45)60-57/h1-35H. The largest absolute Gasteiger partial charge is 0.456 e. The molecule has 13 rings (SSSR count). The highest BCUT2D eigenvalue weighted by Gasteiger charge is 2.22. The van der Waals surface area contributed by atoms with Gasteiger partial charge in [-0.05, 0) is 53.6 Å². The SMILES string of the molecule is c1ccc(-c2cc(-c3cccc(-c4nc5ccccc5c5c(-c6ccccc6)c6c(cc45)oc4ccccc46)c3)nc(-c3cccc(-c4cccc5c4oc4ccccc45)c3)n2)cc1. The molecule has 0 bridgehead atoms. The second kappa shape index (κ2) is 14.5. The first kappa shape index (κ1) is 36.0. The molecule has 0 saturated heterocycles. The van der Waals surface area contributed by atoms with E-state index in [1.54, 1.807) is 0 Å². The van der Waals surface area contributed by atoms with Crippen molar-refractivity contribution in [3.63, 3.8) is 0 Å². The fraction of sp³-hybridized carbons (Fsp3) is 0. The van der Waals surface area contributed by atoms with Crippen LogP contribution in [0.2, 0.25) is 0 Å². The summed E-state index contributed by atoms with van der Waals surface area (Å²) in [6, 6.07) is 73.6. The summed E-state index contributed by atoms with van der Waals surface area (Å²) < 4.78 is 13.1. The Balaban J connectivity index is 1.01. The number of para-hydroxylation sites is 4. The average Bonchev–Trinajstić information content (AvgIpc) is 3.94. The molecule has 298 valence electrons. The Labute approximate surface area is 367 Å². The number of benzene rings is 9. The topological polar surface area (TPSA) is 65.0 Å². The Morgan fingerprint density at radius 3 is 1.70 bits per heavy atom. The van der Waals surface area contributed by atoms with Crippen LogP contribution in [0.5, 0.6) is 0 Å². The van der Waals surface area contributed by atoms with Gasteiger partial charge >= 0.3 is 0 Å². The van der Waals surface area contributed by atoms with Crippen LogP contribution in [0.4, 0.5) is 0 Å². The molecule has 0 fully saturated rings. The highest BCUT2D eigenvalue weighted by atomic mass is 16.3. The van der Waals surface area contributed by atoms with Crippen molar-refractivity contribution < 1.29 is 8.83 Å². The van der Waals surface area contributed by atoms with E-state index in [9.17, 15) is 0 Å². The van der Waals surface area contributed by atoms with Gasteiger partial charge in [0.05, 0.1) is 22.6 Å². The average molecular weight is 818 g/mol. The molecule has 0 saturated carbocycles. The van der Waals surface area contributed by atoms with E-state index in [0.29, 0.717) is 5.82 Å². The summed E-state index contributed by atoms with van der Waals surface area (Å²) in [5, 5.41) is 7.65. The van der Waals surface area contributed by atoms with Crippen LogP contribution in [0.3, 0.4) is 0 Å². The Morgan fingerprint density at radius 2 is 0.891 bits per heavy atom. The molecule has 0 atom stereocenters. The van der Waals surface area contributed by atoms with Crippen LogP contribution in [0, 0.1) is 0 Å². The predicted molar refractivity (Wildman–Crippen MR) is 262 cm³/mol. The molecule has 0 spiro atoms. The number of hydrogen-bond donors (Lipinski definition) is 0. The number of aromatic nitrogens is 3. The lowest BCUT2D eigenvalue weighted by atomic mass is 9.89. The van der Waals surface area contributed by atoms with E-state index in [0.717, 1.165) is 127 Å². The molecule has 0 unspecified atom stereocenters. The zero-order valence-electron chi connectivity index (χ0n) is 34.4. The number of furan rings is 2. The minimum absolute atomic E-state index is 0.634. The first-order valence-electron chi connectivity index (χ1n) is 21.5. The summed E-state index contributed by atoms with van der Waals surface area (Å²) in [4.78, 5) is 16.0. The third kappa shape index (κ3) is 5.83. The molecule has 0 aliphatic rings. The third-order valence-corrected chi connectivity index (χ3v) is 12.5. The van der Waals surface area contributed by atoms with Crippen LogP contribution in [0.25, 0.3) is 133 Å². The van der Waals surface area contributed by atoms with Crippen molar-refractivity contribution in [3.8, 4) is 67.4 Å². The van der Waals surface area contributed by atoms with Gasteiger partial charge in [0.2, 0.25) is 0 Å². The van der Waals surface area contributed by atoms with Crippen molar-refractivity contribution in [3.05, 3.63) is 212 Å². The summed E-state index contributed by atoms with van der Waals surface area (Å²) in [5.74, 6) is 0.634. The second-order valence-electron chi connectivity index (χ2n) is 16.3. The lowest BCUT2D eigenvalue weighted by Gasteiger charge is -2.16. The molecule has 0 radical (unpaired) electrons. The van der Waals surface area contributed by atoms with Crippen molar-refractivity contribution in [1.29, 1.82) is 0 Å². The van der Waals surface area contributed by atoms with E-state index >= 15 is 0 Å². The van der Waals surface area contributed by atoms with Crippen LogP contribution in [-0.4, -0.2) is 15.0 Å². The molecule has 4 aromatic heterocycles. The number of rotatable bonds is 6. The van der Waals surface area contributed by atoms with Gasteiger partial charge in [-0.1, -0.05) is 170 Å². The molecule has 4 heterocycles. The molecule has 5 heteroatoms. The van der Waals surface area contributed by atoms with E-state index in [4.69, 9.17) is 23.8 Å². The Hall–Kier alpha value is -8.67. The van der Waals surface area contributed by atoms with Gasteiger partial charge in [-0.2, -0.15) is 0 Å². The summed E-state index contributed by atoms with van der Waals surface area (Å²) in [6.45, 7) is 0. The minimum Gasteiger partial charge on any atom is -0.456 e. The van der Waals surface area contributed by atoms with Crippen LogP contribution < -0.4 is 0 Å². The minimum atomic E-state index is 0.634. The quantitative estimate of drug-likeness (QED) is 0.156. The van der Waals surface area contributed by atoms with E-state index in [2.05, 4.69) is 170 Å². The van der Waals surface area contributed by atoms with E-state index in [1.807, 2.05) is 42.5 Å². The molecular weight excluding hydrogens is 783 g/mol. The normalized spacial score (nSPS) is 11.8. The summed E-state index contributed by atoms with van der Waals surface area (Å²) >= 11 is 0. The molecular formula is C59H35N3O2. The fourth-order valence-corrected chi connectivity index (χ4v) is 9.54. The Kier molecular flexibility index (Phi) is 8.15. The molecule has 5 nitrogen and oxygen atoms in total. The maximum atomic E-state index is 6.65. The zero-order valence-corrected chi connectivity index (χ0v) is 34.4. The molecule has 0 aliphatic heterocycles. The summed E-state index contributed by atoms with van der Waals surface area (Å²) in [5.41, 5.74) is 15.0. The van der Waals surface area contributed by atoms with Crippen LogP contribution in [-0.2, 0) is 0 Å². The molecule has 0 aliphatic carbocycles. The van der Waals surface area contributed by atoms with Crippen LogP contribution >= 0.6 is 0 Å². The van der Waals surface area contributed by atoms with E-state index in [1.165, 1.54) is 0 Å². The van der Waals surface area contributed by atoms with Gasteiger partial charge in [0, 0.05) is 71.1 Å². The van der Waals surface area contributed by atoms with Gasteiger partial charge in [0.1, 0.15) is 22.3 Å². The molecule has 0 amide bonds. The lowest BCUT2D eigenvalue weighted by Crippen LogP contribution is -1.97. The number of fused-ring (bicyclic) bond motifs is 9. The fourth-order valence-electron chi connectivity index (χ4n) is 9.54. The smallest absolute Gasteiger partial charge is 0.160 e. The monoisotopic (exact) mass is 817 g/mol. The van der Waals surface area contributed by atoms with E-state index < -0.39 is 0 Å². The Bertz CT molecular complexity index is 3960. The van der Waals surface area contributed by atoms with Crippen molar-refractivity contribution >= 4 is 65.6 Å². The van der Waals surface area contributed by atoms with Crippen LogP contribution in [0.1, 0.15) is 0 Å². The molecule has 13 aromatic rings. The van der Waals surface area contributed by atoms with Crippen molar-refractivity contribution in [2.24, 2.45) is 0 Å². The van der Waals surface area contributed by atoms with Crippen molar-refractivity contribution in [2.75, 3.05) is 0 Å². The highest BCUT2D eigenvalue weighted by molar-refractivity contribution is 6.27. The maximum Gasteiger partial charge on any atom is 0.160 e. The lowest BCUT2D eigenvalue weighted by molar-refractivity contribution is 0.669. The first-order valence-corrected chi connectivity index (χ1v) is 21.5. The van der Waals surface area contributed by atoms with Gasteiger partial charge < -0.3 is 8.83 Å². The number of nitrogens with zero attached hydrogens (tertiary/aromatic N) is 3. The number of pyridine rings is 1. The van der Waals surface area contributed by atoms with Crippen molar-refractivity contribution in [1.82, 2.24) is 15.0 Å². The third-order valence-electron chi connectivity index (χ3n) is 12.5. The first-order chi connectivity index (χ1) is 31.7. The van der Waals surface area contributed by atoms with Crippen molar-refractivity contribution in [2.45, 2.75) is 0 Å². The van der Waals surface area contributed by atoms with Gasteiger partial charge in [0.25, 0.3) is 0 Å². The number of hydrogen-bond acceptors (Lipinski definition) is 5. The van der Waals surface area contributed by atoms with Gasteiger partial charge in [-0.25, -0.2) is 15.0 Å². The molecule has 0 N–H and O–H groups in total. The zero-order chi connectivity index (χ0) is 42.1. The summed E-state index contributed by atoms with van der Waals surface area (Å²) in [6.07, 6.45) is 0. The predicted octanol–water partition coefficient (Wildman–Crippen LogP) is 16.0. The van der Waals surface area contributed by atoms with Gasteiger partial charge in [0.15, 0.2) is 5.82 Å². The molecule has 64 heavy (non-hydrogen) atoms. The van der Waals surface area contributed by atoms with E-state index in [-0.39, 0.29) is 0 Å². The van der Waals surface area contributed by atoms with Gasteiger partial charge in [-0.3, -0.25) is 0 Å². The maximum absolute atomic E-state index is 6.65.